The second kappa shape index (κ2) is 9.73. The molecule has 0 aromatic rings. The minimum absolute atomic E-state index is 0.0515. The van der Waals surface area contributed by atoms with E-state index >= 15 is 0 Å². The van der Waals surface area contributed by atoms with E-state index in [0.717, 1.165) is 51.7 Å². The zero-order chi connectivity index (χ0) is 14.8. The van der Waals surface area contributed by atoms with Crippen molar-refractivity contribution in [3.63, 3.8) is 0 Å². The van der Waals surface area contributed by atoms with Gasteiger partial charge in [-0.15, -0.1) is 0 Å². The summed E-state index contributed by atoms with van der Waals surface area (Å²) in [6, 6.07) is 0. The maximum Gasteiger partial charge on any atom is 0.0482 e. The Kier molecular flexibility index (Phi) is 9.67. The molecule has 0 unspecified atom stereocenters. The monoisotopic (exact) mass is 274 g/mol. The van der Waals surface area contributed by atoms with Gasteiger partial charge in [0, 0.05) is 26.4 Å². The number of hydrogen-bond donors (Lipinski definition) is 2. The lowest BCUT2D eigenvalue weighted by molar-refractivity contribution is 0.107. The topological polar surface area (TPSA) is 49.7 Å². The van der Waals surface area contributed by atoms with Crippen LogP contribution in [0.2, 0.25) is 0 Å². The van der Waals surface area contributed by atoms with Crippen molar-refractivity contribution >= 4 is 0 Å². The molecule has 116 valence electrons. The first kappa shape index (κ1) is 18.9. The molecule has 0 spiro atoms. The van der Waals surface area contributed by atoms with Crippen LogP contribution in [0, 0.1) is 10.8 Å². The summed E-state index contributed by atoms with van der Waals surface area (Å²) in [5, 5.41) is 18.3. The van der Waals surface area contributed by atoms with Gasteiger partial charge in [0.15, 0.2) is 0 Å². The SMILES string of the molecule is CC(C)(CO)CCCCOCCCCC(C)(C)CO. The van der Waals surface area contributed by atoms with Crippen molar-refractivity contribution in [1.29, 1.82) is 0 Å². The number of unbranched alkanes of at least 4 members (excludes halogenated alkanes) is 2. The van der Waals surface area contributed by atoms with E-state index in [1.807, 2.05) is 0 Å². The summed E-state index contributed by atoms with van der Waals surface area (Å²) in [5.41, 5.74) is 0.103. The van der Waals surface area contributed by atoms with Crippen molar-refractivity contribution in [1.82, 2.24) is 0 Å². The minimum atomic E-state index is 0.0515. The summed E-state index contributed by atoms with van der Waals surface area (Å²) in [7, 11) is 0. The predicted octanol–water partition coefficient (Wildman–Crippen LogP) is 3.38. The van der Waals surface area contributed by atoms with Crippen LogP contribution in [-0.2, 0) is 4.74 Å². The molecule has 0 aromatic carbocycles. The molecule has 0 heterocycles. The third kappa shape index (κ3) is 11.4. The van der Waals surface area contributed by atoms with E-state index in [0.29, 0.717) is 0 Å². The average molecular weight is 274 g/mol. The quantitative estimate of drug-likeness (QED) is 0.536. The summed E-state index contributed by atoms with van der Waals surface area (Å²) < 4.78 is 5.61. The Balaban J connectivity index is 3.29. The molecule has 0 aliphatic rings. The van der Waals surface area contributed by atoms with Crippen molar-refractivity contribution in [2.75, 3.05) is 26.4 Å². The largest absolute Gasteiger partial charge is 0.396 e. The van der Waals surface area contributed by atoms with E-state index in [9.17, 15) is 0 Å². The normalized spacial score (nSPS) is 12.9. The molecule has 2 N–H and O–H groups in total. The maximum absolute atomic E-state index is 9.13. The van der Waals surface area contributed by atoms with Crippen LogP contribution in [0.25, 0.3) is 0 Å². The number of aliphatic hydroxyl groups is 2. The molecule has 0 saturated heterocycles. The van der Waals surface area contributed by atoms with Crippen LogP contribution >= 0.6 is 0 Å². The van der Waals surface area contributed by atoms with Gasteiger partial charge in [0.2, 0.25) is 0 Å². The van der Waals surface area contributed by atoms with Crippen molar-refractivity contribution < 1.29 is 14.9 Å². The molecule has 0 amide bonds. The van der Waals surface area contributed by atoms with Crippen molar-refractivity contribution in [3.8, 4) is 0 Å². The number of hydrogen-bond acceptors (Lipinski definition) is 3. The summed E-state index contributed by atoms with van der Waals surface area (Å²) in [4.78, 5) is 0. The molecule has 0 aliphatic carbocycles. The molecule has 3 heteroatoms. The lowest BCUT2D eigenvalue weighted by Gasteiger charge is -2.21. The minimum Gasteiger partial charge on any atom is -0.396 e. The van der Waals surface area contributed by atoms with Crippen LogP contribution < -0.4 is 0 Å². The van der Waals surface area contributed by atoms with Crippen molar-refractivity contribution in [2.24, 2.45) is 10.8 Å². The van der Waals surface area contributed by atoms with E-state index < -0.39 is 0 Å². The summed E-state index contributed by atoms with van der Waals surface area (Å²) in [6.45, 7) is 10.5. The molecule has 0 atom stereocenters. The zero-order valence-electron chi connectivity index (χ0n) is 13.4. The van der Waals surface area contributed by atoms with E-state index in [-0.39, 0.29) is 24.0 Å². The molecule has 3 nitrogen and oxygen atoms in total. The van der Waals surface area contributed by atoms with Gasteiger partial charge in [0.25, 0.3) is 0 Å². The summed E-state index contributed by atoms with van der Waals surface area (Å²) in [6.07, 6.45) is 6.49. The Bertz CT molecular complexity index is 190. The Labute approximate surface area is 119 Å². The Morgan fingerprint density at radius 3 is 1.37 bits per heavy atom. The van der Waals surface area contributed by atoms with E-state index in [1.54, 1.807) is 0 Å². The fraction of sp³-hybridized carbons (Fsp3) is 1.00. The molecule has 19 heavy (non-hydrogen) atoms. The molecular weight excluding hydrogens is 240 g/mol. The lowest BCUT2D eigenvalue weighted by Crippen LogP contribution is -2.16. The second-order valence-electron chi connectivity index (χ2n) is 7.17. The van der Waals surface area contributed by atoms with Gasteiger partial charge in [0.1, 0.15) is 0 Å². The Hall–Kier alpha value is -0.120. The fourth-order valence-electron chi connectivity index (χ4n) is 1.88. The molecule has 0 radical (unpaired) electrons. The van der Waals surface area contributed by atoms with Crippen LogP contribution in [0.15, 0.2) is 0 Å². The Morgan fingerprint density at radius 1 is 0.684 bits per heavy atom. The standard InChI is InChI=1S/C16H34O3/c1-15(2,13-17)9-5-7-11-19-12-8-6-10-16(3,4)14-18/h17-18H,5-14H2,1-4H3. The van der Waals surface area contributed by atoms with Crippen LogP contribution in [0.1, 0.15) is 66.2 Å². The van der Waals surface area contributed by atoms with Crippen LogP contribution in [-0.4, -0.2) is 36.6 Å². The molecule has 0 rings (SSSR count). The van der Waals surface area contributed by atoms with Gasteiger partial charge < -0.3 is 14.9 Å². The Morgan fingerprint density at radius 2 is 1.05 bits per heavy atom. The highest BCUT2D eigenvalue weighted by atomic mass is 16.5. The first-order valence-electron chi connectivity index (χ1n) is 7.62. The molecule has 0 bridgehead atoms. The molecule has 0 fully saturated rings. The van der Waals surface area contributed by atoms with Crippen LogP contribution in [0.3, 0.4) is 0 Å². The summed E-state index contributed by atoms with van der Waals surface area (Å²) >= 11 is 0. The van der Waals surface area contributed by atoms with Gasteiger partial charge in [-0.2, -0.15) is 0 Å². The summed E-state index contributed by atoms with van der Waals surface area (Å²) in [5.74, 6) is 0. The fourth-order valence-corrected chi connectivity index (χ4v) is 1.88. The highest BCUT2D eigenvalue weighted by Gasteiger charge is 2.16. The first-order chi connectivity index (χ1) is 8.83. The van der Waals surface area contributed by atoms with Crippen molar-refractivity contribution in [2.45, 2.75) is 66.2 Å². The highest BCUT2D eigenvalue weighted by Crippen LogP contribution is 2.22. The van der Waals surface area contributed by atoms with Gasteiger partial charge in [-0.1, -0.05) is 40.5 Å². The first-order valence-corrected chi connectivity index (χ1v) is 7.62. The highest BCUT2D eigenvalue weighted by molar-refractivity contribution is 4.67. The number of ether oxygens (including phenoxy) is 1. The zero-order valence-corrected chi connectivity index (χ0v) is 13.4. The molecular formula is C16H34O3. The lowest BCUT2D eigenvalue weighted by atomic mass is 9.88. The van der Waals surface area contributed by atoms with Crippen molar-refractivity contribution in [3.05, 3.63) is 0 Å². The van der Waals surface area contributed by atoms with Crippen LogP contribution in [0.4, 0.5) is 0 Å². The van der Waals surface area contributed by atoms with Gasteiger partial charge in [0.05, 0.1) is 0 Å². The molecule has 0 saturated carbocycles. The predicted molar refractivity (Wildman–Crippen MR) is 80.3 cm³/mol. The average Bonchev–Trinajstić information content (AvgIpc) is 2.36. The third-order valence-electron chi connectivity index (χ3n) is 3.64. The number of aliphatic hydroxyl groups excluding tert-OH is 2. The number of rotatable bonds is 12. The van der Waals surface area contributed by atoms with Gasteiger partial charge in [-0.05, 0) is 36.5 Å². The molecule has 0 aliphatic heterocycles. The van der Waals surface area contributed by atoms with Gasteiger partial charge >= 0.3 is 0 Å². The van der Waals surface area contributed by atoms with E-state index in [4.69, 9.17) is 14.9 Å². The maximum atomic E-state index is 9.13. The van der Waals surface area contributed by atoms with Gasteiger partial charge in [-0.25, -0.2) is 0 Å². The third-order valence-corrected chi connectivity index (χ3v) is 3.64. The second-order valence-corrected chi connectivity index (χ2v) is 7.17. The van der Waals surface area contributed by atoms with Crippen LogP contribution in [0.5, 0.6) is 0 Å². The smallest absolute Gasteiger partial charge is 0.0482 e. The van der Waals surface area contributed by atoms with E-state index in [2.05, 4.69) is 27.7 Å². The van der Waals surface area contributed by atoms with Gasteiger partial charge in [-0.3, -0.25) is 0 Å². The molecule has 0 aromatic heterocycles. The van der Waals surface area contributed by atoms with E-state index in [1.165, 1.54) is 0 Å².